The lowest BCUT2D eigenvalue weighted by Crippen LogP contribution is -2.15. The monoisotopic (exact) mass is 522 g/mol. The first kappa shape index (κ1) is 28.8. The lowest BCUT2D eigenvalue weighted by molar-refractivity contribution is 0.404. The smallest absolute Gasteiger partial charge is 0.207 e. The van der Waals surface area contributed by atoms with Gasteiger partial charge in [-0.15, -0.1) is 0 Å². The predicted octanol–water partition coefficient (Wildman–Crippen LogP) is 8.33. The molecule has 0 radical (unpaired) electrons. The summed E-state index contributed by atoms with van der Waals surface area (Å²) in [6.45, 7) is 25.8. The molecule has 200 valence electrons. The minimum Gasteiger partial charge on any atom is -0.496 e. The van der Waals surface area contributed by atoms with Crippen LogP contribution in [0, 0.1) is 90.0 Å². The van der Waals surface area contributed by atoms with E-state index in [1.807, 2.05) is 83.1 Å². The largest absolute Gasteiger partial charge is 0.496 e. The van der Waals surface area contributed by atoms with Gasteiger partial charge in [-0.25, -0.2) is 8.42 Å². The second kappa shape index (κ2) is 9.83. The van der Waals surface area contributed by atoms with Gasteiger partial charge in [-0.05, 0) is 162 Å². The van der Waals surface area contributed by atoms with Gasteiger partial charge in [0.15, 0.2) is 0 Å². The van der Waals surface area contributed by atoms with Gasteiger partial charge >= 0.3 is 0 Å². The molecule has 3 aromatic rings. The summed E-state index contributed by atoms with van der Waals surface area (Å²) < 4.78 is 40.9. The molecule has 0 spiro atoms. The van der Waals surface area contributed by atoms with Gasteiger partial charge in [-0.2, -0.15) is 0 Å². The Morgan fingerprint density at radius 1 is 0.378 bits per heavy atom. The normalized spacial score (nSPS) is 11.7. The van der Waals surface area contributed by atoms with Crippen molar-refractivity contribution in [1.29, 1.82) is 0 Å². The lowest BCUT2D eigenvalue weighted by atomic mass is 9.95. The van der Waals surface area contributed by atoms with E-state index in [0.717, 1.165) is 83.8 Å². The first-order chi connectivity index (χ1) is 17.0. The van der Waals surface area contributed by atoms with Gasteiger partial charge in [0, 0.05) is 0 Å². The minimum atomic E-state index is -3.77. The number of sulfone groups is 1. The van der Waals surface area contributed by atoms with E-state index in [0.29, 0.717) is 15.5 Å². The molecule has 0 fully saturated rings. The van der Waals surface area contributed by atoms with Crippen LogP contribution in [0.4, 0.5) is 0 Å². The second-order valence-corrected chi connectivity index (χ2v) is 12.4. The predicted molar refractivity (Wildman–Crippen MR) is 153 cm³/mol. The molecule has 5 heteroatoms. The van der Waals surface area contributed by atoms with E-state index in [2.05, 4.69) is 6.92 Å². The van der Waals surface area contributed by atoms with Crippen molar-refractivity contribution < 1.29 is 17.9 Å². The Bertz CT molecular complexity index is 1470. The summed E-state index contributed by atoms with van der Waals surface area (Å²) in [4.78, 5) is 0.819. The highest BCUT2D eigenvalue weighted by molar-refractivity contribution is 7.91. The average molecular weight is 523 g/mol. The molecule has 0 unspecified atom stereocenters. The van der Waals surface area contributed by atoms with E-state index in [-0.39, 0.29) is 0 Å². The molecule has 0 amide bonds. The van der Waals surface area contributed by atoms with E-state index in [9.17, 15) is 8.42 Å². The summed E-state index contributed by atoms with van der Waals surface area (Å²) in [7, 11) is -2.08. The third-order valence-electron chi connectivity index (χ3n) is 8.85. The van der Waals surface area contributed by atoms with E-state index < -0.39 is 9.84 Å². The number of rotatable bonds is 5. The van der Waals surface area contributed by atoms with Gasteiger partial charge in [-0.1, -0.05) is 0 Å². The topological polar surface area (TPSA) is 52.6 Å². The highest BCUT2D eigenvalue weighted by Crippen LogP contribution is 2.44. The van der Waals surface area contributed by atoms with E-state index in [4.69, 9.17) is 9.47 Å². The standard InChI is InChI=1S/C32H42O4S/c1-15-16(2)24(10)31(25(11)17(15)3)37(33,34)32-26(12)22(8)30(23(9)27(32)13)36-29-20(6)18(4)28(35-14)19(5)21(29)7/h1-14H3. The summed E-state index contributed by atoms with van der Waals surface area (Å²) in [6.07, 6.45) is 0. The molecule has 0 aromatic heterocycles. The van der Waals surface area contributed by atoms with Crippen molar-refractivity contribution in [2.24, 2.45) is 0 Å². The second-order valence-electron chi connectivity index (χ2n) is 10.6. The zero-order valence-electron chi connectivity index (χ0n) is 25.0. The molecular weight excluding hydrogens is 480 g/mol. The Morgan fingerprint density at radius 3 is 0.946 bits per heavy atom. The van der Waals surface area contributed by atoms with Gasteiger partial charge in [-0.3, -0.25) is 0 Å². The first-order valence-electron chi connectivity index (χ1n) is 12.8. The van der Waals surface area contributed by atoms with Gasteiger partial charge in [0.1, 0.15) is 17.2 Å². The minimum absolute atomic E-state index is 0.388. The van der Waals surface area contributed by atoms with Crippen LogP contribution in [0.3, 0.4) is 0 Å². The van der Waals surface area contributed by atoms with Crippen LogP contribution >= 0.6 is 0 Å². The third kappa shape index (κ3) is 4.25. The van der Waals surface area contributed by atoms with Crippen molar-refractivity contribution in [3.05, 3.63) is 72.3 Å². The first-order valence-corrected chi connectivity index (χ1v) is 14.2. The van der Waals surface area contributed by atoms with Crippen LogP contribution in [0.5, 0.6) is 17.2 Å². The summed E-state index contributed by atoms with van der Waals surface area (Å²) in [5.74, 6) is 2.39. The Balaban J connectivity index is 2.32. The highest BCUT2D eigenvalue weighted by atomic mass is 32.2. The Morgan fingerprint density at radius 2 is 0.622 bits per heavy atom. The van der Waals surface area contributed by atoms with Gasteiger partial charge in [0.25, 0.3) is 0 Å². The van der Waals surface area contributed by atoms with Crippen LogP contribution in [0.25, 0.3) is 0 Å². The van der Waals surface area contributed by atoms with Crippen molar-refractivity contribution in [2.45, 2.75) is 99.8 Å². The Hall–Kier alpha value is -2.79. The molecule has 0 heterocycles. The van der Waals surface area contributed by atoms with Crippen LogP contribution in [0.15, 0.2) is 9.79 Å². The fraction of sp³-hybridized carbons (Fsp3) is 0.438. The molecular formula is C32H42O4S. The van der Waals surface area contributed by atoms with E-state index in [1.54, 1.807) is 7.11 Å². The number of methoxy groups -OCH3 is 1. The number of ether oxygens (including phenoxy) is 2. The molecule has 0 saturated carbocycles. The molecule has 3 aromatic carbocycles. The average Bonchev–Trinajstić information content (AvgIpc) is 2.83. The maximum atomic E-state index is 14.3. The lowest BCUT2D eigenvalue weighted by Gasteiger charge is -2.25. The molecule has 0 bridgehead atoms. The van der Waals surface area contributed by atoms with E-state index in [1.165, 1.54) is 0 Å². The molecule has 0 aliphatic rings. The van der Waals surface area contributed by atoms with Crippen molar-refractivity contribution in [2.75, 3.05) is 7.11 Å². The van der Waals surface area contributed by atoms with Gasteiger partial charge in [0.05, 0.1) is 16.9 Å². The summed E-state index contributed by atoms with van der Waals surface area (Å²) >= 11 is 0. The number of hydrogen-bond acceptors (Lipinski definition) is 4. The summed E-state index contributed by atoms with van der Waals surface area (Å²) in [5, 5.41) is 0. The molecule has 3 rings (SSSR count). The van der Waals surface area contributed by atoms with Crippen molar-refractivity contribution >= 4 is 9.84 Å². The van der Waals surface area contributed by atoms with Crippen LogP contribution in [-0.2, 0) is 9.84 Å². The number of hydrogen-bond donors (Lipinski definition) is 0. The third-order valence-corrected chi connectivity index (χ3v) is 11.2. The zero-order valence-corrected chi connectivity index (χ0v) is 25.9. The number of benzene rings is 3. The van der Waals surface area contributed by atoms with Crippen molar-refractivity contribution in [3.8, 4) is 17.2 Å². The fourth-order valence-corrected chi connectivity index (χ4v) is 8.00. The van der Waals surface area contributed by atoms with Gasteiger partial charge in [0.2, 0.25) is 9.84 Å². The maximum absolute atomic E-state index is 14.3. The molecule has 0 N–H and O–H groups in total. The Labute approximate surface area is 224 Å². The summed E-state index contributed by atoms with van der Waals surface area (Å²) in [6, 6.07) is 0. The van der Waals surface area contributed by atoms with Crippen LogP contribution in [-0.4, -0.2) is 15.5 Å². The fourth-order valence-electron chi connectivity index (χ4n) is 5.58. The quantitative estimate of drug-likeness (QED) is 0.338. The van der Waals surface area contributed by atoms with Crippen LogP contribution in [0.2, 0.25) is 0 Å². The highest BCUT2D eigenvalue weighted by Gasteiger charge is 2.31. The van der Waals surface area contributed by atoms with Gasteiger partial charge < -0.3 is 9.47 Å². The Kier molecular flexibility index (Phi) is 7.64. The van der Waals surface area contributed by atoms with Crippen LogP contribution in [0.1, 0.15) is 72.3 Å². The van der Waals surface area contributed by atoms with Crippen LogP contribution < -0.4 is 9.47 Å². The SMILES string of the molecule is COc1c(C)c(C)c(Oc2c(C)c(C)c(S(=O)(=O)c3c(C)c(C)c(C)c(C)c3C)c(C)c2C)c(C)c1C. The summed E-state index contributed by atoms with van der Waals surface area (Å²) in [5.41, 5.74) is 12.1. The molecule has 0 saturated heterocycles. The van der Waals surface area contributed by atoms with Crippen molar-refractivity contribution in [3.63, 3.8) is 0 Å². The van der Waals surface area contributed by atoms with E-state index >= 15 is 0 Å². The molecule has 0 aliphatic heterocycles. The molecule has 0 atom stereocenters. The van der Waals surface area contributed by atoms with Crippen molar-refractivity contribution in [1.82, 2.24) is 0 Å². The zero-order chi connectivity index (χ0) is 28.3. The molecule has 4 nitrogen and oxygen atoms in total. The molecule has 0 aliphatic carbocycles. The maximum Gasteiger partial charge on any atom is 0.207 e. The molecule has 37 heavy (non-hydrogen) atoms.